The lowest BCUT2D eigenvalue weighted by atomic mass is 10.1. The number of hydrogen-bond acceptors (Lipinski definition) is 5. The van der Waals surface area contributed by atoms with Gasteiger partial charge in [-0.3, -0.25) is 14.4 Å². The Labute approximate surface area is 144 Å². The monoisotopic (exact) mass is 336 g/mol. The lowest BCUT2D eigenvalue weighted by molar-refractivity contribution is -0.144. The van der Waals surface area contributed by atoms with Gasteiger partial charge in [-0.05, 0) is 24.6 Å². The summed E-state index contributed by atoms with van der Waals surface area (Å²) in [6.45, 7) is 1.97. The first-order valence-corrected chi connectivity index (χ1v) is 8.12. The van der Waals surface area contributed by atoms with E-state index in [2.05, 4.69) is 0 Å². The predicted molar refractivity (Wildman–Crippen MR) is 88.4 cm³/mol. The van der Waals surface area contributed by atoms with Crippen LogP contribution in [0.3, 0.4) is 0 Å². The Kier molecular flexibility index (Phi) is 3.62. The first kappa shape index (κ1) is 15.5. The minimum Gasteiger partial charge on any atom is -0.465 e. The van der Waals surface area contributed by atoms with Crippen LogP contribution in [0.25, 0.3) is 0 Å². The summed E-state index contributed by atoms with van der Waals surface area (Å²) < 4.78 is 5.13. The van der Waals surface area contributed by atoms with Gasteiger partial charge in [0.15, 0.2) is 0 Å². The first-order valence-electron chi connectivity index (χ1n) is 8.12. The third-order valence-electron chi connectivity index (χ3n) is 4.45. The Morgan fingerprint density at radius 1 is 0.960 bits per heavy atom. The second-order valence-electron chi connectivity index (χ2n) is 5.90. The van der Waals surface area contributed by atoms with Gasteiger partial charge in [0, 0.05) is 0 Å². The number of amides is 2. The Hall–Kier alpha value is -2.99. The number of nitrogens with zero attached hydrogens (tertiary/aromatic N) is 2. The molecule has 6 nitrogen and oxygen atoms in total. The van der Waals surface area contributed by atoms with E-state index in [0.717, 1.165) is 10.6 Å². The standard InChI is InChI=1S/C19H16N2O4/c1-2-25-19(24)16-15(12-8-4-3-5-9-12)20(16)21-17(22)13-10-6-7-11-14(13)18(21)23/h3-11,15-16H,2H2,1H3/t15-,16+,20?/m0/s1. The largest absolute Gasteiger partial charge is 0.465 e. The smallest absolute Gasteiger partial charge is 0.327 e. The molecule has 0 spiro atoms. The maximum atomic E-state index is 12.7. The molecule has 126 valence electrons. The third kappa shape index (κ3) is 2.34. The third-order valence-corrected chi connectivity index (χ3v) is 4.45. The molecule has 0 aliphatic carbocycles. The lowest BCUT2D eigenvalue weighted by Crippen LogP contribution is -2.37. The number of hydrogen-bond donors (Lipinski definition) is 0. The highest BCUT2D eigenvalue weighted by Crippen LogP contribution is 2.47. The Bertz CT molecular complexity index is 830. The van der Waals surface area contributed by atoms with Crippen LogP contribution in [-0.2, 0) is 9.53 Å². The summed E-state index contributed by atoms with van der Waals surface area (Å²) >= 11 is 0. The second-order valence-corrected chi connectivity index (χ2v) is 5.90. The second kappa shape index (κ2) is 5.82. The maximum absolute atomic E-state index is 12.7. The average Bonchev–Trinajstić information content (AvgIpc) is 3.32. The number of esters is 1. The van der Waals surface area contributed by atoms with Gasteiger partial charge < -0.3 is 4.74 Å². The SMILES string of the molecule is CCOC(=O)[C@H]1[C@H](c2ccccc2)N1N1C(=O)c2ccccc2C1=O. The number of ether oxygens (including phenoxy) is 1. The van der Waals surface area contributed by atoms with Gasteiger partial charge in [-0.1, -0.05) is 42.5 Å². The van der Waals surface area contributed by atoms with Crippen LogP contribution in [-0.4, -0.2) is 40.5 Å². The zero-order valence-corrected chi connectivity index (χ0v) is 13.6. The molecule has 3 atom stereocenters. The van der Waals surface area contributed by atoms with Crippen molar-refractivity contribution in [3.05, 3.63) is 71.3 Å². The summed E-state index contributed by atoms with van der Waals surface area (Å²) in [5.74, 6) is -1.26. The molecule has 0 radical (unpaired) electrons. The van der Waals surface area contributed by atoms with Gasteiger partial charge in [0.1, 0.15) is 6.04 Å². The van der Waals surface area contributed by atoms with Crippen molar-refractivity contribution in [2.45, 2.75) is 19.0 Å². The molecule has 4 rings (SSSR count). The molecule has 0 N–H and O–H groups in total. The summed E-state index contributed by atoms with van der Waals surface area (Å²) in [5.41, 5.74) is 1.57. The van der Waals surface area contributed by atoms with Crippen LogP contribution in [0.1, 0.15) is 39.2 Å². The number of fused-ring (bicyclic) bond motifs is 1. The molecule has 2 amide bonds. The fraction of sp³-hybridized carbons (Fsp3) is 0.211. The summed E-state index contributed by atoms with van der Waals surface area (Å²) in [6.07, 6.45) is 0. The molecule has 2 aromatic carbocycles. The summed E-state index contributed by atoms with van der Waals surface area (Å²) in [5, 5.41) is 2.59. The molecule has 2 aliphatic heterocycles. The van der Waals surface area contributed by atoms with E-state index in [4.69, 9.17) is 4.74 Å². The van der Waals surface area contributed by atoms with Crippen molar-refractivity contribution in [3.63, 3.8) is 0 Å². The zero-order chi connectivity index (χ0) is 17.6. The molecule has 0 aromatic heterocycles. The predicted octanol–water partition coefficient (Wildman–Crippen LogP) is 2.19. The van der Waals surface area contributed by atoms with Crippen molar-refractivity contribution in [2.75, 3.05) is 6.61 Å². The van der Waals surface area contributed by atoms with Crippen LogP contribution < -0.4 is 0 Å². The van der Waals surface area contributed by atoms with Gasteiger partial charge in [0.25, 0.3) is 11.8 Å². The van der Waals surface area contributed by atoms with E-state index in [-0.39, 0.29) is 12.6 Å². The summed E-state index contributed by atoms with van der Waals surface area (Å²) in [6, 6.07) is 14.9. The molecule has 2 aliphatic rings. The van der Waals surface area contributed by atoms with Crippen LogP contribution in [0.15, 0.2) is 54.6 Å². The number of hydrazine groups is 1. The van der Waals surface area contributed by atoms with Crippen molar-refractivity contribution in [1.82, 2.24) is 10.0 Å². The van der Waals surface area contributed by atoms with Crippen molar-refractivity contribution in [1.29, 1.82) is 0 Å². The Morgan fingerprint density at radius 2 is 1.52 bits per heavy atom. The van der Waals surface area contributed by atoms with E-state index in [9.17, 15) is 14.4 Å². The minimum absolute atomic E-state index is 0.243. The van der Waals surface area contributed by atoms with Crippen LogP contribution in [0.2, 0.25) is 0 Å². The fourth-order valence-corrected chi connectivity index (χ4v) is 3.30. The van der Waals surface area contributed by atoms with Crippen LogP contribution in [0.5, 0.6) is 0 Å². The summed E-state index contributed by atoms with van der Waals surface area (Å²) in [4.78, 5) is 37.7. The number of imide groups is 1. The van der Waals surface area contributed by atoms with Crippen molar-refractivity contribution in [2.24, 2.45) is 0 Å². The molecule has 1 fully saturated rings. The minimum atomic E-state index is -0.676. The van der Waals surface area contributed by atoms with Gasteiger partial charge in [0.2, 0.25) is 0 Å². The van der Waals surface area contributed by atoms with E-state index in [1.807, 2.05) is 30.3 Å². The van der Waals surface area contributed by atoms with Crippen molar-refractivity contribution in [3.8, 4) is 0 Å². The normalized spacial score (nSPS) is 24.2. The van der Waals surface area contributed by atoms with Gasteiger partial charge >= 0.3 is 5.97 Å². The molecular formula is C19H16N2O4. The molecule has 6 heteroatoms. The number of benzene rings is 2. The number of rotatable bonds is 4. The first-order chi connectivity index (χ1) is 12.1. The summed E-state index contributed by atoms with van der Waals surface area (Å²) in [7, 11) is 0. The molecular weight excluding hydrogens is 320 g/mol. The molecule has 1 unspecified atom stereocenters. The molecule has 0 saturated carbocycles. The van der Waals surface area contributed by atoms with E-state index in [0.29, 0.717) is 11.1 Å². The topological polar surface area (TPSA) is 66.7 Å². The van der Waals surface area contributed by atoms with Crippen LogP contribution >= 0.6 is 0 Å². The molecule has 1 saturated heterocycles. The Morgan fingerprint density at radius 3 is 2.08 bits per heavy atom. The quantitative estimate of drug-likeness (QED) is 0.486. The molecule has 25 heavy (non-hydrogen) atoms. The van der Waals surface area contributed by atoms with Crippen LogP contribution in [0.4, 0.5) is 0 Å². The van der Waals surface area contributed by atoms with E-state index >= 15 is 0 Å². The molecule has 0 bridgehead atoms. The van der Waals surface area contributed by atoms with Gasteiger partial charge in [-0.25, -0.2) is 5.01 Å². The highest BCUT2D eigenvalue weighted by atomic mass is 16.5. The average molecular weight is 336 g/mol. The van der Waals surface area contributed by atoms with Gasteiger partial charge in [-0.15, -0.1) is 0 Å². The maximum Gasteiger partial charge on any atom is 0.327 e. The van der Waals surface area contributed by atoms with E-state index in [1.54, 1.807) is 31.2 Å². The number of carbonyl (C=O) groups is 3. The van der Waals surface area contributed by atoms with E-state index < -0.39 is 23.8 Å². The van der Waals surface area contributed by atoms with E-state index in [1.165, 1.54) is 5.01 Å². The van der Waals surface area contributed by atoms with Crippen molar-refractivity contribution >= 4 is 17.8 Å². The van der Waals surface area contributed by atoms with Crippen molar-refractivity contribution < 1.29 is 19.1 Å². The zero-order valence-electron chi connectivity index (χ0n) is 13.6. The number of carbonyl (C=O) groups excluding carboxylic acids is 3. The highest BCUT2D eigenvalue weighted by molar-refractivity contribution is 6.21. The van der Waals surface area contributed by atoms with Gasteiger partial charge in [0.05, 0.1) is 23.8 Å². The molecule has 2 heterocycles. The fourth-order valence-electron chi connectivity index (χ4n) is 3.30. The van der Waals surface area contributed by atoms with Gasteiger partial charge in [-0.2, -0.15) is 5.01 Å². The lowest BCUT2D eigenvalue weighted by Gasteiger charge is -2.16. The van der Waals surface area contributed by atoms with Crippen LogP contribution in [0, 0.1) is 0 Å². The Balaban J connectivity index is 1.70. The molecule has 2 aromatic rings. The highest BCUT2D eigenvalue weighted by Gasteiger charge is 2.62.